The SMILES string of the molecule is CC1(C(=O)O)CCCCN1C(=O)c1cc(Cl)sc1Cl. The van der Waals surface area contributed by atoms with Crippen molar-refractivity contribution in [2.24, 2.45) is 0 Å². The van der Waals surface area contributed by atoms with E-state index in [4.69, 9.17) is 23.2 Å². The van der Waals surface area contributed by atoms with E-state index >= 15 is 0 Å². The second kappa shape index (κ2) is 5.31. The van der Waals surface area contributed by atoms with Gasteiger partial charge in [-0.15, -0.1) is 11.3 Å². The number of carboxylic acids is 1. The number of aliphatic carboxylic acids is 1. The number of carbonyl (C=O) groups is 2. The first-order valence-electron chi connectivity index (χ1n) is 5.86. The first-order valence-corrected chi connectivity index (χ1v) is 7.43. The molecule has 1 aliphatic heterocycles. The Bertz CT molecular complexity index is 531. The van der Waals surface area contributed by atoms with Crippen molar-refractivity contribution in [2.45, 2.75) is 31.7 Å². The molecule has 19 heavy (non-hydrogen) atoms. The molecule has 0 aromatic carbocycles. The van der Waals surface area contributed by atoms with Crippen LogP contribution in [0.3, 0.4) is 0 Å². The van der Waals surface area contributed by atoms with Crippen molar-refractivity contribution in [2.75, 3.05) is 6.54 Å². The number of amides is 1. The quantitative estimate of drug-likeness (QED) is 0.906. The van der Waals surface area contributed by atoms with Gasteiger partial charge in [-0.2, -0.15) is 0 Å². The molecule has 1 aromatic heterocycles. The van der Waals surface area contributed by atoms with Crippen LogP contribution in [-0.2, 0) is 4.79 Å². The predicted octanol–water partition coefficient (Wildman–Crippen LogP) is 3.52. The van der Waals surface area contributed by atoms with Gasteiger partial charge in [-0.1, -0.05) is 23.2 Å². The maximum absolute atomic E-state index is 12.5. The van der Waals surface area contributed by atoms with E-state index in [1.807, 2.05) is 0 Å². The molecule has 2 heterocycles. The van der Waals surface area contributed by atoms with Crippen LogP contribution in [0.1, 0.15) is 36.5 Å². The summed E-state index contributed by atoms with van der Waals surface area (Å²) >= 11 is 12.9. The number of nitrogens with zero attached hydrogens (tertiary/aromatic N) is 1. The van der Waals surface area contributed by atoms with Crippen LogP contribution in [0.5, 0.6) is 0 Å². The Morgan fingerprint density at radius 3 is 2.63 bits per heavy atom. The molecule has 104 valence electrons. The molecule has 0 spiro atoms. The van der Waals surface area contributed by atoms with Crippen molar-refractivity contribution < 1.29 is 14.7 Å². The van der Waals surface area contributed by atoms with Crippen molar-refractivity contribution in [3.05, 3.63) is 20.3 Å². The van der Waals surface area contributed by atoms with Gasteiger partial charge in [0.25, 0.3) is 5.91 Å². The minimum atomic E-state index is -1.17. The van der Waals surface area contributed by atoms with E-state index in [0.29, 0.717) is 21.6 Å². The number of thiophene rings is 1. The Labute approximate surface area is 124 Å². The van der Waals surface area contributed by atoms with E-state index in [-0.39, 0.29) is 11.5 Å². The van der Waals surface area contributed by atoms with Crippen LogP contribution in [0.25, 0.3) is 0 Å². The molecule has 0 radical (unpaired) electrons. The average molecular weight is 322 g/mol. The van der Waals surface area contributed by atoms with Gasteiger partial charge in [-0.25, -0.2) is 4.79 Å². The maximum Gasteiger partial charge on any atom is 0.329 e. The topological polar surface area (TPSA) is 57.6 Å². The second-order valence-electron chi connectivity index (χ2n) is 4.73. The van der Waals surface area contributed by atoms with Gasteiger partial charge < -0.3 is 10.0 Å². The molecule has 1 unspecified atom stereocenters. The molecule has 2 rings (SSSR count). The smallest absolute Gasteiger partial charge is 0.329 e. The molecule has 1 N–H and O–H groups in total. The van der Waals surface area contributed by atoms with Crippen LogP contribution < -0.4 is 0 Å². The molecule has 1 aromatic rings. The molecule has 1 fully saturated rings. The van der Waals surface area contributed by atoms with Crippen LogP contribution >= 0.6 is 34.5 Å². The summed E-state index contributed by atoms with van der Waals surface area (Å²) in [5.41, 5.74) is -0.890. The van der Waals surface area contributed by atoms with Gasteiger partial charge in [0.15, 0.2) is 0 Å². The Balaban J connectivity index is 2.36. The third kappa shape index (κ3) is 2.59. The molecule has 1 atom stereocenters. The fourth-order valence-electron chi connectivity index (χ4n) is 2.30. The zero-order valence-electron chi connectivity index (χ0n) is 10.3. The monoisotopic (exact) mass is 321 g/mol. The highest BCUT2D eigenvalue weighted by Crippen LogP contribution is 2.35. The normalized spacial score (nSPS) is 23.4. The van der Waals surface area contributed by atoms with Gasteiger partial charge in [0, 0.05) is 6.54 Å². The van der Waals surface area contributed by atoms with Crippen molar-refractivity contribution in [3.8, 4) is 0 Å². The van der Waals surface area contributed by atoms with Gasteiger partial charge in [0.05, 0.1) is 9.90 Å². The highest BCUT2D eigenvalue weighted by Gasteiger charge is 2.44. The summed E-state index contributed by atoms with van der Waals surface area (Å²) in [6, 6.07) is 1.49. The number of hydrogen-bond donors (Lipinski definition) is 1. The summed E-state index contributed by atoms with van der Waals surface area (Å²) in [4.78, 5) is 25.3. The number of hydrogen-bond acceptors (Lipinski definition) is 3. The maximum atomic E-state index is 12.5. The zero-order chi connectivity index (χ0) is 14.2. The van der Waals surface area contributed by atoms with Gasteiger partial charge in [-0.3, -0.25) is 4.79 Å². The summed E-state index contributed by atoms with van der Waals surface area (Å²) in [7, 11) is 0. The summed E-state index contributed by atoms with van der Waals surface area (Å²) in [5, 5.41) is 9.39. The Morgan fingerprint density at radius 2 is 2.11 bits per heavy atom. The van der Waals surface area contributed by atoms with Crippen molar-refractivity contribution in [3.63, 3.8) is 0 Å². The minimum Gasteiger partial charge on any atom is -0.480 e. The molecule has 4 nitrogen and oxygen atoms in total. The minimum absolute atomic E-state index is 0.283. The van der Waals surface area contributed by atoms with Crippen molar-refractivity contribution in [1.82, 2.24) is 4.90 Å². The molecule has 0 aliphatic carbocycles. The van der Waals surface area contributed by atoms with E-state index in [2.05, 4.69) is 0 Å². The van der Waals surface area contributed by atoms with E-state index in [1.54, 1.807) is 6.92 Å². The molecule has 0 bridgehead atoms. The van der Waals surface area contributed by atoms with Crippen LogP contribution in [0.2, 0.25) is 8.67 Å². The number of carbonyl (C=O) groups excluding carboxylic acids is 1. The zero-order valence-corrected chi connectivity index (χ0v) is 12.6. The Kier molecular flexibility index (Phi) is 4.08. The van der Waals surface area contributed by atoms with Crippen molar-refractivity contribution in [1.29, 1.82) is 0 Å². The fourth-order valence-corrected chi connectivity index (χ4v) is 3.75. The van der Waals surface area contributed by atoms with Gasteiger partial charge >= 0.3 is 5.97 Å². The highest BCUT2D eigenvalue weighted by atomic mass is 35.5. The van der Waals surface area contributed by atoms with Gasteiger partial charge in [-0.05, 0) is 32.3 Å². The number of piperidine rings is 1. The summed E-state index contributed by atoms with van der Waals surface area (Å²) in [5.74, 6) is -1.35. The third-order valence-corrected chi connectivity index (χ3v) is 4.97. The summed E-state index contributed by atoms with van der Waals surface area (Å²) in [6.45, 7) is 2.00. The number of likely N-dealkylation sites (tertiary alicyclic amines) is 1. The molecular weight excluding hydrogens is 309 g/mol. The standard InChI is InChI=1S/C12H13Cl2NO3S/c1-12(11(17)18)4-2-3-5-15(12)10(16)7-6-8(13)19-9(7)14/h6H,2-5H2,1H3,(H,17,18). The lowest BCUT2D eigenvalue weighted by Crippen LogP contribution is -2.57. The Hall–Kier alpha value is -0.780. The number of carboxylic acid groups (broad SMARTS) is 1. The molecule has 1 amide bonds. The number of halogens is 2. The van der Waals surface area contributed by atoms with Crippen LogP contribution in [0.15, 0.2) is 6.07 Å². The van der Waals surface area contributed by atoms with Gasteiger partial charge in [0.2, 0.25) is 0 Å². The lowest BCUT2D eigenvalue weighted by Gasteiger charge is -2.41. The molecular formula is C12H13Cl2NO3S. The van der Waals surface area contributed by atoms with E-state index in [9.17, 15) is 14.7 Å². The van der Waals surface area contributed by atoms with Gasteiger partial charge in [0.1, 0.15) is 9.88 Å². The highest BCUT2D eigenvalue weighted by molar-refractivity contribution is 7.20. The van der Waals surface area contributed by atoms with Crippen LogP contribution in [-0.4, -0.2) is 34.0 Å². The Morgan fingerprint density at radius 1 is 1.42 bits per heavy atom. The molecule has 1 aliphatic rings. The van der Waals surface area contributed by atoms with Crippen LogP contribution in [0.4, 0.5) is 0 Å². The van der Waals surface area contributed by atoms with Crippen LogP contribution in [0, 0.1) is 0 Å². The summed E-state index contributed by atoms with van der Waals surface area (Å²) < 4.78 is 0.718. The second-order valence-corrected chi connectivity index (χ2v) is 7.02. The first kappa shape index (κ1) is 14.6. The van der Waals surface area contributed by atoms with Crippen molar-refractivity contribution >= 4 is 46.4 Å². The third-order valence-electron chi connectivity index (χ3n) is 3.48. The number of rotatable bonds is 2. The average Bonchev–Trinajstić information content (AvgIpc) is 2.68. The molecule has 1 saturated heterocycles. The lowest BCUT2D eigenvalue weighted by atomic mass is 9.88. The molecule has 0 saturated carbocycles. The van der Waals surface area contributed by atoms with E-state index in [1.165, 1.54) is 11.0 Å². The van der Waals surface area contributed by atoms with E-state index < -0.39 is 11.5 Å². The lowest BCUT2D eigenvalue weighted by molar-refractivity contribution is -0.150. The van der Waals surface area contributed by atoms with E-state index in [0.717, 1.165) is 24.2 Å². The largest absolute Gasteiger partial charge is 0.480 e. The predicted molar refractivity (Wildman–Crippen MR) is 75.3 cm³/mol. The first-order chi connectivity index (χ1) is 8.86. The fraction of sp³-hybridized carbons (Fsp3) is 0.500. The molecule has 7 heteroatoms. The summed E-state index contributed by atoms with van der Waals surface area (Å²) in [6.07, 6.45) is 2.04.